The summed E-state index contributed by atoms with van der Waals surface area (Å²) in [6, 6.07) is 8.34. The molecule has 0 saturated carbocycles. The van der Waals surface area contributed by atoms with Crippen LogP contribution < -0.4 is 0 Å². The molecule has 0 heterocycles. The fourth-order valence-electron chi connectivity index (χ4n) is 2.49. The number of benzene rings is 1. The number of fused-ring (bicyclic) bond motifs is 1. The lowest BCUT2D eigenvalue weighted by atomic mass is 9.70. The van der Waals surface area contributed by atoms with Crippen molar-refractivity contribution in [1.82, 2.24) is 0 Å². The molecule has 1 aliphatic rings. The molecule has 0 bridgehead atoms. The van der Waals surface area contributed by atoms with Crippen molar-refractivity contribution in [1.29, 1.82) is 0 Å². The zero-order valence-corrected chi connectivity index (χ0v) is 10.2. The topological polar surface area (TPSA) is 17.1 Å². The normalized spacial score (nSPS) is 21.6. The quantitative estimate of drug-likeness (QED) is 0.748. The Balaban J connectivity index is 2.45. The molecule has 16 heavy (non-hydrogen) atoms. The molecule has 0 N–H and O–H groups in total. The van der Waals surface area contributed by atoms with Crippen molar-refractivity contribution >= 4 is 11.9 Å². The van der Waals surface area contributed by atoms with E-state index in [9.17, 15) is 4.79 Å². The standard InChI is InChI=1S/C15H18O/c1-4-15(3,11(2)16)14-10-9-12-7-5-6-8-13(12)14/h5-10,14H,4H2,1-3H3. The average Bonchev–Trinajstić information content (AvgIpc) is 2.72. The van der Waals surface area contributed by atoms with E-state index in [-0.39, 0.29) is 17.1 Å². The van der Waals surface area contributed by atoms with Crippen molar-refractivity contribution < 1.29 is 4.79 Å². The summed E-state index contributed by atoms with van der Waals surface area (Å²) in [6.45, 7) is 5.88. The average molecular weight is 214 g/mol. The Morgan fingerprint density at radius 2 is 2.06 bits per heavy atom. The molecule has 0 saturated heterocycles. The van der Waals surface area contributed by atoms with Gasteiger partial charge in [-0.1, -0.05) is 50.3 Å². The minimum absolute atomic E-state index is 0.242. The van der Waals surface area contributed by atoms with Crippen LogP contribution in [-0.4, -0.2) is 5.78 Å². The van der Waals surface area contributed by atoms with Gasteiger partial charge in [0.1, 0.15) is 5.78 Å². The highest BCUT2D eigenvalue weighted by Gasteiger charge is 2.38. The molecule has 1 nitrogen and oxygen atoms in total. The van der Waals surface area contributed by atoms with E-state index in [1.165, 1.54) is 11.1 Å². The highest BCUT2D eigenvalue weighted by molar-refractivity contribution is 5.85. The maximum absolute atomic E-state index is 11.9. The largest absolute Gasteiger partial charge is 0.299 e. The molecule has 1 aromatic rings. The first-order chi connectivity index (χ1) is 7.59. The molecule has 1 aromatic carbocycles. The number of ketones is 1. The number of rotatable bonds is 3. The van der Waals surface area contributed by atoms with Crippen molar-refractivity contribution in [2.75, 3.05) is 0 Å². The molecule has 1 heteroatoms. The van der Waals surface area contributed by atoms with Crippen LogP contribution in [0.3, 0.4) is 0 Å². The smallest absolute Gasteiger partial charge is 0.136 e. The molecule has 0 aromatic heterocycles. The highest BCUT2D eigenvalue weighted by Crippen LogP contribution is 2.45. The summed E-state index contributed by atoms with van der Waals surface area (Å²) >= 11 is 0. The van der Waals surface area contributed by atoms with E-state index in [1.54, 1.807) is 6.92 Å². The van der Waals surface area contributed by atoms with Crippen LogP contribution in [-0.2, 0) is 4.79 Å². The van der Waals surface area contributed by atoms with Crippen molar-refractivity contribution in [3.05, 3.63) is 41.5 Å². The van der Waals surface area contributed by atoms with Crippen LogP contribution in [0.1, 0.15) is 44.2 Å². The fourth-order valence-corrected chi connectivity index (χ4v) is 2.49. The van der Waals surface area contributed by atoms with Crippen LogP contribution in [0.15, 0.2) is 30.3 Å². The van der Waals surface area contributed by atoms with Crippen molar-refractivity contribution in [3.8, 4) is 0 Å². The first kappa shape index (κ1) is 11.1. The van der Waals surface area contributed by atoms with Gasteiger partial charge in [-0.2, -0.15) is 0 Å². The minimum atomic E-state index is -0.261. The summed E-state index contributed by atoms with van der Waals surface area (Å²) in [5, 5.41) is 0. The van der Waals surface area contributed by atoms with E-state index >= 15 is 0 Å². The lowest BCUT2D eigenvalue weighted by molar-refractivity contribution is -0.126. The second kappa shape index (κ2) is 3.89. The Morgan fingerprint density at radius 3 is 2.69 bits per heavy atom. The summed E-state index contributed by atoms with van der Waals surface area (Å²) in [6.07, 6.45) is 5.19. The molecular weight excluding hydrogens is 196 g/mol. The van der Waals surface area contributed by atoms with Gasteiger partial charge in [-0.15, -0.1) is 0 Å². The van der Waals surface area contributed by atoms with Gasteiger partial charge in [-0.05, 0) is 24.5 Å². The number of Topliss-reactive ketones (excluding diaryl/α,β-unsaturated/α-hetero) is 1. The highest BCUT2D eigenvalue weighted by atomic mass is 16.1. The number of carbonyl (C=O) groups excluding carboxylic acids is 1. The first-order valence-corrected chi connectivity index (χ1v) is 5.87. The van der Waals surface area contributed by atoms with Gasteiger partial charge in [0.15, 0.2) is 0 Å². The van der Waals surface area contributed by atoms with E-state index < -0.39 is 0 Å². The van der Waals surface area contributed by atoms with E-state index in [4.69, 9.17) is 0 Å². The van der Waals surface area contributed by atoms with Crippen LogP contribution in [0, 0.1) is 5.41 Å². The molecular formula is C15H18O. The summed E-state index contributed by atoms with van der Waals surface area (Å²) in [7, 11) is 0. The summed E-state index contributed by atoms with van der Waals surface area (Å²) in [5.41, 5.74) is 2.29. The molecule has 84 valence electrons. The molecule has 2 rings (SSSR count). The van der Waals surface area contributed by atoms with Crippen LogP contribution >= 0.6 is 0 Å². The summed E-state index contributed by atoms with van der Waals surface area (Å²) in [4.78, 5) is 11.9. The number of allylic oxidation sites excluding steroid dienone is 1. The third-order valence-corrected chi connectivity index (χ3v) is 4.02. The van der Waals surface area contributed by atoms with Gasteiger partial charge in [-0.25, -0.2) is 0 Å². The van der Waals surface area contributed by atoms with Gasteiger partial charge in [0.05, 0.1) is 0 Å². The monoisotopic (exact) mass is 214 g/mol. The van der Waals surface area contributed by atoms with E-state index in [1.807, 2.05) is 6.07 Å². The third kappa shape index (κ3) is 1.51. The second-order valence-electron chi connectivity index (χ2n) is 4.79. The second-order valence-corrected chi connectivity index (χ2v) is 4.79. The van der Waals surface area contributed by atoms with Crippen LogP contribution in [0.4, 0.5) is 0 Å². The van der Waals surface area contributed by atoms with Gasteiger partial charge in [0.25, 0.3) is 0 Å². The Hall–Kier alpha value is -1.37. The van der Waals surface area contributed by atoms with Gasteiger partial charge < -0.3 is 0 Å². The molecule has 0 fully saturated rings. The van der Waals surface area contributed by atoms with E-state index in [0.717, 1.165) is 6.42 Å². The van der Waals surface area contributed by atoms with Gasteiger partial charge >= 0.3 is 0 Å². The van der Waals surface area contributed by atoms with Crippen LogP contribution in [0.25, 0.3) is 6.08 Å². The summed E-state index contributed by atoms with van der Waals surface area (Å²) in [5.74, 6) is 0.521. The molecule has 0 spiro atoms. The zero-order valence-electron chi connectivity index (χ0n) is 10.2. The van der Waals surface area contributed by atoms with E-state index in [2.05, 4.69) is 44.2 Å². The summed E-state index contributed by atoms with van der Waals surface area (Å²) < 4.78 is 0. The predicted molar refractivity (Wildman–Crippen MR) is 67.3 cm³/mol. The first-order valence-electron chi connectivity index (χ1n) is 5.87. The van der Waals surface area contributed by atoms with Crippen molar-refractivity contribution in [3.63, 3.8) is 0 Å². The number of hydrogen-bond donors (Lipinski definition) is 0. The molecule has 0 aliphatic heterocycles. The Labute approximate surface area is 97.2 Å². The van der Waals surface area contributed by atoms with Gasteiger partial charge in [0, 0.05) is 11.3 Å². The van der Waals surface area contributed by atoms with Gasteiger partial charge in [0.2, 0.25) is 0 Å². The maximum atomic E-state index is 11.9. The van der Waals surface area contributed by atoms with Crippen molar-refractivity contribution in [2.45, 2.75) is 33.1 Å². The molecule has 2 atom stereocenters. The lowest BCUT2D eigenvalue weighted by Gasteiger charge is -2.32. The lowest BCUT2D eigenvalue weighted by Crippen LogP contribution is -2.30. The molecule has 2 unspecified atom stereocenters. The predicted octanol–water partition coefficient (Wildman–Crippen LogP) is 3.80. The maximum Gasteiger partial charge on any atom is 0.136 e. The van der Waals surface area contributed by atoms with Crippen LogP contribution in [0.2, 0.25) is 0 Å². The molecule has 1 aliphatic carbocycles. The Kier molecular flexibility index (Phi) is 2.71. The van der Waals surface area contributed by atoms with Crippen molar-refractivity contribution in [2.24, 2.45) is 5.41 Å². The van der Waals surface area contributed by atoms with E-state index in [0.29, 0.717) is 0 Å². The SMILES string of the molecule is CCC(C)(C(C)=O)C1C=Cc2ccccc21. The van der Waals surface area contributed by atoms with Gasteiger partial charge in [-0.3, -0.25) is 4.79 Å². The Bertz CT molecular complexity index is 445. The Morgan fingerprint density at radius 1 is 1.38 bits per heavy atom. The number of hydrogen-bond acceptors (Lipinski definition) is 1. The zero-order chi connectivity index (χ0) is 11.8. The fraction of sp³-hybridized carbons (Fsp3) is 0.400. The minimum Gasteiger partial charge on any atom is -0.299 e. The number of carbonyl (C=O) groups is 1. The molecule has 0 radical (unpaired) electrons. The molecule has 0 amide bonds. The van der Waals surface area contributed by atoms with Crippen LogP contribution in [0.5, 0.6) is 0 Å². The third-order valence-electron chi connectivity index (χ3n) is 4.02.